The Balaban J connectivity index is 1.76. The molecule has 0 spiro atoms. The molecule has 1 saturated carbocycles. The van der Waals surface area contributed by atoms with Gasteiger partial charge in [0, 0.05) is 18.0 Å². The summed E-state index contributed by atoms with van der Waals surface area (Å²) in [6.45, 7) is 0.865. The average molecular weight is 560 g/mol. The van der Waals surface area contributed by atoms with Crippen LogP contribution >= 0.6 is 0 Å². The number of nitrogens with zero attached hydrogens (tertiary/aromatic N) is 3. The molecule has 0 aliphatic heterocycles. The van der Waals surface area contributed by atoms with Crippen molar-refractivity contribution in [2.24, 2.45) is 0 Å². The van der Waals surface area contributed by atoms with Gasteiger partial charge in [-0.1, -0.05) is 6.07 Å². The molecular formula is C23H18F6N4O4S. The van der Waals surface area contributed by atoms with Crippen molar-refractivity contribution in [3.05, 3.63) is 64.6 Å². The van der Waals surface area contributed by atoms with Gasteiger partial charge in [-0.25, -0.2) is 22.2 Å². The van der Waals surface area contributed by atoms with E-state index in [1.807, 2.05) is 0 Å². The molecule has 1 aliphatic rings. The fraction of sp³-hybridized carbons (Fsp3) is 0.304. The van der Waals surface area contributed by atoms with Crippen molar-refractivity contribution in [3.8, 4) is 11.6 Å². The molecule has 1 aliphatic carbocycles. The zero-order chi connectivity index (χ0) is 28.0. The van der Waals surface area contributed by atoms with Crippen LogP contribution in [0.4, 0.5) is 32.0 Å². The highest BCUT2D eigenvalue weighted by Crippen LogP contribution is 2.45. The van der Waals surface area contributed by atoms with Crippen LogP contribution in [-0.4, -0.2) is 35.8 Å². The van der Waals surface area contributed by atoms with Crippen LogP contribution in [-0.2, 0) is 21.7 Å². The third-order valence-electron chi connectivity index (χ3n) is 5.89. The summed E-state index contributed by atoms with van der Waals surface area (Å²) in [6.07, 6.45) is -3.64. The molecular weight excluding hydrogens is 542 g/mol. The van der Waals surface area contributed by atoms with Crippen molar-refractivity contribution in [3.63, 3.8) is 0 Å². The molecule has 1 amide bonds. The van der Waals surface area contributed by atoms with Crippen LogP contribution in [0.5, 0.6) is 11.6 Å². The standard InChI is InChI=1S/C23H18F6N4O4S/c1-11-16(20(34)30-12-5-3-6-13(9-12)38(2,35)36)21(33-32-18(11)23(27,28)29)37-17-14(24)10-15(31-19(17)25)22(26)7-4-8-22/h3,5-6,9-10H,4,7-8H2,1-2H3,(H,30,34). The summed E-state index contributed by atoms with van der Waals surface area (Å²) in [5.41, 5.74) is -5.90. The number of amides is 1. The van der Waals surface area contributed by atoms with E-state index in [0.717, 1.165) is 19.2 Å². The van der Waals surface area contributed by atoms with E-state index in [4.69, 9.17) is 4.74 Å². The molecule has 1 fully saturated rings. The van der Waals surface area contributed by atoms with E-state index in [2.05, 4.69) is 20.5 Å². The number of pyridine rings is 1. The van der Waals surface area contributed by atoms with Crippen molar-refractivity contribution in [1.29, 1.82) is 0 Å². The molecule has 0 radical (unpaired) electrons. The summed E-state index contributed by atoms with van der Waals surface area (Å²) in [5, 5.41) is 8.43. The van der Waals surface area contributed by atoms with Gasteiger partial charge in [0.25, 0.3) is 17.7 Å². The lowest BCUT2D eigenvalue weighted by Gasteiger charge is -2.33. The number of benzene rings is 1. The Hall–Kier alpha value is -3.75. The first kappa shape index (κ1) is 27.3. The molecule has 2 heterocycles. The molecule has 0 saturated heterocycles. The second kappa shape index (κ2) is 9.53. The number of halogens is 6. The number of nitrogens with one attached hydrogen (secondary N) is 1. The molecule has 15 heteroatoms. The fourth-order valence-corrected chi connectivity index (χ4v) is 4.41. The first-order valence-electron chi connectivity index (χ1n) is 10.9. The van der Waals surface area contributed by atoms with E-state index in [1.54, 1.807) is 0 Å². The number of hydrogen-bond donors (Lipinski definition) is 1. The third kappa shape index (κ3) is 5.28. The van der Waals surface area contributed by atoms with Gasteiger partial charge in [-0.3, -0.25) is 4.79 Å². The highest BCUT2D eigenvalue weighted by atomic mass is 32.2. The summed E-state index contributed by atoms with van der Waals surface area (Å²) in [7, 11) is -3.69. The minimum atomic E-state index is -5.06. The van der Waals surface area contributed by atoms with Gasteiger partial charge in [-0.2, -0.15) is 17.6 Å². The molecule has 4 rings (SSSR count). The first-order valence-corrected chi connectivity index (χ1v) is 12.8. The lowest BCUT2D eigenvalue weighted by atomic mass is 9.79. The maximum Gasteiger partial charge on any atom is 0.435 e. The van der Waals surface area contributed by atoms with E-state index < -0.39 is 73.5 Å². The molecule has 0 bridgehead atoms. The van der Waals surface area contributed by atoms with Crippen molar-refractivity contribution in [2.75, 3.05) is 11.6 Å². The highest BCUT2D eigenvalue weighted by molar-refractivity contribution is 7.90. The smallest absolute Gasteiger partial charge is 0.429 e. The van der Waals surface area contributed by atoms with Gasteiger partial charge in [0.2, 0.25) is 5.75 Å². The van der Waals surface area contributed by atoms with Gasteiger partial charge < -0.3 is 10.1 Å². The molecule has 0 atom stereocenters. The number of alkyl halides is 4. The summed E-state index contributed by atoms with van der Waals surface area (Å²) in [5.74, 6) is -6.55. The number of rotatable bonds is 6. The number of hydrogen-bond acceptors (Lipinski definition) is 7. The Labute approximate surface area is 212 Å². The van der Waals surface area contributed by atoms with E-state index in [-0.39, 0.29) is 23.4 Å². The molecule has 1 aromatic carbocycles. The van der Waals surface area contributed by atoms with Gasteiger partial charge in [0.15, 0.2) is 27.0 Å². The minimum absolute atomic E-state index is 0.00745. The molecule has 0 unspecified atom stereocenters. The van der Waals surface area contributed by atoms with Crippen LogP contribution in [0.25, 0.3) is 0 Å². The second-order valence-electron chi connectivity index (χ2n) is 8.64. The van der Waals surface area contributed by atoms with Crippen LogP contribution in [0.1, 0.15) is 46.6 Å². The maximum absolute atomic E-state index is 14.7. The minimum Gasteiger partial charge on any atom is -0.429 e. The number of anilines is 1. The van der Waals surface area contributed by atoms with Crippen molar-refractivity contribution >= 4 is 21.4 Å². The largest absolute Gasteiger partial charge is 0.435 e. The molecule has 202 valence electrons. The topological polar surface area (TPSA) is 111 Å². The Bertz CT molecular complexity index is 1520. The van der Waals surface area contributed by atoms with Crippen molar-refractivity contribution in [1.82, 2.24) is 15.2 Å². The molecule has 38 heavy (non-hydrogen) atoms. The number of aromatic nitrogens is 3. The molecule has 8 nitrogen and oxygen atoms in total. The summed E-state index contributed by atoms with van der Waals surface area (Å²) in [6, 6.07) is 5.42. The van der Waals surface area contributed by atoms with Gasteiger partial charge >= 0.3 is 6.18 Å². The van der Waals surface area contributed by atoms with Crippen molar-refractivity contribution in [2.45, 2.75) is 42.9 Å². The Kier molecular flexibility index (Phi) is 6.84. The Morgan fingerprint density at radius 2 is 1.82 bits per heavy atom. The SMILES string of the molecule is Cc1c(C(F)(F)F)nnc(Oc2c(F)cc(C3(F)CCC3)nc2F)c1C(=O)Nc1cccc(S(C)(=O)=O)c1. The van der Waals surface area contributed by atoms with E-state index in [1.165, 1.54) is 18.2 Å². The molecule has 2 aromatic heterocycles. The monoisotopic (exact) mass is 560 g/mol. The second-order valence-corrected chi connectivity index (χ2v) is 10.7. The van der Waals surface area contributed by atoms with E-state index in [9.17, 15) is 39.6 Å². The predicted octanol–water partition coefficient (Wildman–Crippen LogP) is 5.27. The van der Waals surface area contributed by atoms with Gasteiger partial charge in [0.05, 0.1) is 10.6 Å². The van der Waals surface area contributed by atoms with Crippen molar-refractivity contribution < 1.29 is 44.3 Å². The van der Waals surface area contributed by atoms with Gasteiger partial charge in [0.1, 0.15) is 5.56 Å². The predicted molar refractivity (Wildman–Crippen MR) is 120 cm³/mol. The first-order chi connectivity index (χ1) is 17.6. The highest BCUT2D eigenvalue weighted by Gasteiger charge is 2.42. The molecule has 1 N–H and O–H groups in total. The summed E-state index contributed by atoms with van der Waals surface area (Å²) in [4.78, 5) is 16.3. The quantitative estimate of drug-likeness (QED) is 0.323. The van der Waals surface area contributed by atoms with Crippen LogP contribution < -0.4 is 10.1 Å². The number of sulfone groups is 1. The van der Waals surface area contributed by atoms with Crippen LogP contribution in [0.15, 0.2) is 35.2 Å². The normalized spacial score (nSPS) is 15.1. The Morgan fingerprint density at radius 3 is 2.37 bits per heavy atom. The average Bonchev–Trinajstić information content (AvgIpc) is 2.78. The lowest BCUT2D eigenvalue weighted by molar-refractivity contribution is -0.142. The summed E-state index contributed by atoms with van der Waals surface area (Å²) < 4.78 is 113. The van der Waals surface area contributed by atoms with Crippen LogP contribution in [0.3, 0.4) is 0 Å². The fourth-order valence-electron chi connectivity index (χ4n) is 3.74. The number of carbonyl (C=O) groups is 1. The van der Waals surface area contributed by atoms with Crippen LogP contribution in [0, 0.1) is 18.7 Å². The van der Waals surface area contributed by atoms with E-state index >= 15 is 0 Å². The molecule has 3 aromatic rings. The van der Waals surface area contributed by atoms with Crippen LogP contribution in [0.2, 0.25) is 0 Å². The zero-order valence-electron chi connectivity index (χ0n) is 19.7. The third-order valence-corrected chi connectivity index (χ3v) is 7.00. The van der Waals surface area contributed by atoms with E-state index in [0.29, 0.717) is 12.5 Å². The number of carbonyl (C=O) groups excluding carboxylic acids is 1. The zero-order valence-corrected chi connectivity index (χ0v) is 20.5. The van der Waals surface area contributed by atoms with Gasteiger partial charge in [-0.05, 0) is 49.9 Å². The summed E-state index contributed by atoms with van der Waals surface area (Å²) >= 11 is 0. The lowest BCUT2D eigenvalue weighted by Crippen LogP contribution is -2.30. The maximum atomic E-state index is 14.7. The Morgan fingerprint density at radius 1 is 1.13 bits per heavy atom. The number of ether oxygens (including phenoxy) is 1. The van der Waals surface area contributed by atoms with Gasteiger partial charge in [-0.15, -0.1) is 10.2 Å².